The number of carbonyl (C=O) groups is 1. The first-order valence-corrected chi connectivity index (χ1v) is 11.1. The van der Waals surface area contributed by atoms with Crippen LogP contribution < -0.4 is 15.4 Å². The van der Waals surface area contributed by atoms with E-state index < -0.39 is 16.1 Å². The van der Waals surface area contributed by atoms with E-state index in [2.05, 4.69) is 20.6 Å². The molecule has 3 N–H and O–H groups in total. The van der Waals surface area contributed by atoms with Gasteiger partial charge >= 0.3 is 6.03 Å². The lowest BCUT2D eigenvalue weighted by molar-refractivity contribution is 0.245. The van der Waals surface area contributed by atoms with E-state index in [1.54, 1.807) is 23.5 Å². The lowest BCUT2D eigenvalue weighted by atomic mass is 10.3. The average molecular weight is 420 g/mol. The summed E-state index contributed by atoms with van der Waals surface area (Å²) in [4.78, 5) is 22.2. The fraction of sp³-hybridized carbons (Fsp3) is 0.278. The first kappa shape index (κ1) is 20.0. The Balaban J connectivity index is 1.71. The Morgan fingerprint density at radius 1 is 1.18 bits per heavy atom. The summed E-state index contributed by atoms with van der Waals surface area (Å²) in [6.45, 7) is 4.41. The monoisotopic (exact) mass is 419 g/mol. The molecule has 0 spiro atoms. The number of anilines is 2. The van der Waals surface area contributed by atoms with Crippen LogP contribution in [-0.2, 0) is 10.0 Å². The Labute approximate surface area is 167 Å². The number of carbonyl (C=O) groups excluding carboxylic acids is 1. The number of aromatic nitrogens is 2. The molecule has 0 saturated heterocycles. The van der Waals surface area contributed by atoms with E-state index in [9.17, 15) is 13.2 Å². The number of nitrogens with one attached hydrogen (secondary N) is 3. The van der Waals surface area contributed by atoms with Gasteiger partial charge in [-0.3, -0.25) is 0 Å². The molecule has 148 valence electrons. The van der Waals surface area contributed by atoms with Gasteiger partial charge in [-0.15, -0.1) is 11.3 Å². The summed E-state index contributed by atoms with van der Waals surface area (Å²) in [5.74, 6) is 0.651. The van der Waals surface area contributed by atoms with E-state index in [0.29, 0.717) is 18.1 Å². The molecule has 0 aliphatic heterocycles. The highest BCUT2D eigenvalue weighted by molar-refractivity contribution is 7.90. The molecule has 2 aromatic heterocycles. The zero-order valence-electron chi connectivity index (χ0n) is 15.5. The van der Waals surface area contributed by atoms with E-state index in [1.807, 2.05) is 24.6 Å². The van der Waals surface area contributed by atoms with Crippen molar-refractivity contribution in [1.82, 2.24) is 20.0 Å². The van der Waals surface area contributed by atoms with Gasteiger partial charge in [0.1, 0.15) is 17.0 Å². The third-order valence-electron chi connectivity index (χ3n) is 3.92. The number of urea groups is 1. The lowest BCUT2D eigenvalue weighted by Crippen LogP contribution is -2.39. The Morgan fingerprint density at radius 2 is 1.93 bits per heavy atom. The number of amides is 2. The molecule has 3 rings (SSSR count). The third kappa shape index (κ3) is 4.76. The SMILES string of the molecule is CCCCNC(=O)NS(=O)(=O)c1ccc(Nc2ncnc3sc(C)cc23)cc1. The molecule has 0 bridgehead atoms. The number of thiophene rings is 1. The second kappa shape index (κ2) is 8.53. The molecule has 0 aliphatic rings. The van der Waals surface area contributed by atoms with E-state index in [1.165, 1.54) is 18.5 Å². The molecule has 0 atom stereocenters. The Hall–Kier alpha value is -2.72. The van der Waals surface area contributed by atoms with E-state index in [-0.39, 0.29) is 4.90 Å². The molecule has 3 aromatic rings. The van der Waals surface area contributed by atoms with Gasteiger partial charge in [-0.1, -0.05) is 13.3 Å². The van der Waals surface area contributed by atoms with Crippen molar-refractivity contribution in [3.63, 3.8) is 0 Å². The maximum absolute atomic E-state index is 12.3. The fourth-order valence-electron chi connectivity index (χ4n) is 2.53. The maximum Gasteiger partial charge on any atom is 0.328 e. The molecular formula is C18H21N5O3S2. The van der Waals surface area contributed by atoms with Gasteiger partial charge in [0.15, 0.2) is 0 Å². The summed E-state index contributed by atoms with van der Waals surface area (Å²) < 4.78 is 26.6. The smallest absolute Gasteiger partial charge is 0.328 e. The third-order valence-corrected chi connectivity index (χ3v) is 6.23. The number of fused-ring (bicyclic) bond motifs is 1. The lowest BCUT2D eigenvalue weighted by Gasteiger charge is -2.10. The van der Waals surface area contributed by atoms with Crippen molar-refractivity contribution in [1.29, 1.82) is 0 Å². The minimum Gasteiger partial charge on any atom is -0.340 e. The summed E-state index contributed by atoms with van der Waals surface area (Å²) in [5, 5.41) is 6.60. The van der Waals surface area contributed by atoms with Crippen LogP contribution in [-0.4, -0.2) is 31.0 Å². The van der Waals surface area contributed by atoms with E-state index in [4.69, 9.17) is 0 Å². The Bertz CT molecular complexity index is 1080. The number of sulfonamides is 1. The quantitative estimate of drug-likeness (QED) is 0.505. The summed E-state index contributed by atoms with van der Waals surface area (Å²) in [5.41, 5.74) is 0.676. The molecule has 8 nitrogen and oxygen atoms in total. The van der Waals surface area contributed by atoms with Crippen LogP contribution in [0.5, 0.6) is 0 Å². The molecule has 0 saturated carbocycles. The van der Waals surface area contributed by atoms with Crippen LogP contribution in [0.25, 0.3) is 10.2 Å². The van der Waals surface area contributed by atoms with Crippen molar-refractivity contribution in [3.05, 3.63) is 41.5 Å². The molecular weight excluding hydrogens is 398 g/mol. The van der Waals surface area contributed by atoms with Crippen molar-refractivity contribution in [2.45, 2.75) is 31.6 Å². The normalized spacial score (nSPS) is 11.4. The molecule has 10 heteroatoms. The average Bonchev–Trinajstić information content (AvgIpc) is 3.03. The minimum absolute atomic E-state index is 0.00269. The van der Waals surface area contributed by atoms with Gasteiger partial charge in [0.2, 0.25) is 0 Å². The van der Waals surface area contributed by atoms with Crippen LogP contribution in [0.4, 0.5) is 16.3 Å². The predicted molar refractivity (Wildman–Crippen MR) is 111 cm³/mol. The second-order valence-corrected chi connectivity index (χ2v) is 9.08. The summed E-state index contributed by atoms with van der Waals surface area (Å²) in [6, 6.07) is 7.38. The number of nitrogens with zero attached hydrogens (tertiary/aromatic N) is 2. The molecule has 2 amide bonds. The maximum atomic E-state index is 12.3. The Kier molecular flexibility index (Phi) is 6.10. The number of benzene rings is 1. The highest BCUT2D eigenvalue weighted by Gasteiger charge is 2.17. The number of unbranched alkanes of at least 4 members (excludes halogenated alkanes) is 1. The van der Waals surface area contributed by atoms with Crippen molar-refractivity contribution >= 4 is 49.1 Å². The van der Waals surface area contributed by atoms with Crippen LogP contribution in [0.2, 0.25) is 0 Å². The van der Waals surface area contributed by atoms with Crippen LogP contribution in [0.15, 0.2) is 41.6 Å². The molecule has 0 radical (unpaired) electrons. The number of hydrogen-bond acceptors (Lipinski definition) is 7. The first-order valence-electron chi connectivity index (χ1n) is 8.78. The van der Waals surface area contributed by atoms with Crippen molar-refractivity contribution in [3.8, 4) is 0 Å². The largest absolute Gasteiger partial charge is 0.340 e. The summed E-state index contributed by atoms with van der Waals surface area (Å²) >= 11 is 1.58. The zero-order valence-corrected chi connectivity index (χ0v) is 17.2. The van der Waals surface area contributed by atoms with Crippen molar-refractivity contribution in [2.75, 3.05) is 11.9 Å². The highest BCUT2D eigenvalue weighted by atomic mass is 32.2. The van der Waals surface area contributed by atoms with Gasteiger partial charge < -0.3 is 10.6 Å². The summed E-state index contributed by atoms with van der Waals surface area (Å²) in [7, 11) is -3.93. The molecule has 0 unspecified atom stereocenters. The van der Waals surface area contributed by atoms with Gasteiger partial charge in [-0.2, -0.15) is 0 Å². The van der Waals surface area contributed by atoms with Gasteiger partial charge in [0, 0.05) is 17.1 Å². The minimum atomic E-state index is -3.93. The van der Waals surface area contributed by atoms with Crippen LogP contribution in [0.1, 0.15) is 24.6 Å². The van der Waals surface area contributed by atoms with Crippen LogP contribution >= 0.6 is 11.3 Å². The first-order chi connectivity index (χ1) is 13.4. The van der Waals surface area contributed by atoms with Crippen LogP contribution in [0, 0.1) is 6.92 Å². The van der Waals surface area contributed by atoms with Crippen molar-refractivity contribution in [2.24, 2.45) is 0 Å². The molecule has 0 fully saturated rings. The van der Waals surface area contributed by atoms with E-state index >= 15 is 0 Å². The topological polar surface area (TPSA) is 113 Å². The van der Waals surface area contributed by atoms with Gasteiger partial charge in [0.05, 0.1) is 10.3 Å². The molecule has 28 heavy (non-hydrogen) atoms. The van der Waals surface area contributed by atoms with Gasteiger partial charge in [0.25, 0.3) is 10.0 Å². The van der Waals surface area contributed by atoms with Gasteiger partial charge in [-0.25, -0.2) is 27.9 Å². The zero-order chi connectivity index (χ0) is 20.1. The highest BCUT2D eigenvalue weighted by Crippen LogP contribution is 2.29. The van der Waals surface area contributed by atoms with Crippen LogP contribution in [0.3, 0.4) is 0 Å². The van der Waals surface area contributed by atoms with Crippen molar-refractivity contribution < 1.29 is 13.2 Å². The number of hydrogen-bond donors (Lipinski definition) is 3. The Morgan fingerprint density at radius 3 is 2.64 bits per heavy atom. The summed E-state index contributed by atoms with van der Waals surface area (Å²) in [6.07, 6.45) is 3.18. The predicted octanol–water partition coefficient (Wildman–Crippen LogP) is 3.53. The molecule has 2 heterocycles. The van der Waals surface area contributed by atoms with Gasteiger partial charge in [-0.05, 0) is 43.7 Å². The standard InChI is InChI=1S/C18H21N5O3S2/c1-3-4-9-19-18(24)23-28(25,26)14-7-5-13(6-8-14)22-16-15-10-12(2)27-17(15)21-11-20-16/h5-8,10-11H,3-4,9H2,1-2H3,(H2,19,23,24)(H,20,21,22). The fourth-order valence-corrected chi connectivity index (χ4v) is 4.30. The molecule has 0 aliphatic carbocycles. The van der Waals surface area contributed by atoms with E-state index in [0.717, 1.165) is 27.9 Å². The second-order valence-electron chi connectivity index (χ2n) is 6.16. The number of aryl methyl sites for hydroxylation is 1. The molecule has 1 aromatic carbocycles. The number of rotatable bonds is 7.